The van der Waals surface area contributed by atoms with Gasteiger partial charge in [0.05, 0.1) is 25.7 Å². The van der Waals surface area contributed by atoms with E-state index in [0.717, 1.165) is 16.5 Å². The van der Waals surface area contributed by atoms with Crippen LogP contribution in [-0.4, -0.2) is 69.5 Å². The first-order valence-electron chi connectivity index (χ1n) is 11.3. The van der Waals surface area contributed by atoms with Gasteiger partial charge in [0, 0.05) is 31.3 Å². The van der Waals surface area contributed by atoms with E-state index in [0.29, 0.717) is 57.1 Å². The number of aryl methyl sites for hydroxylation is 1. The molecule has 33 heavy (non-hydrogen) atoms. The number of fused-ring (bicyclic) bond motifs is 1. The summed E-state index contributed by atoms with van der Waals surface area (Å²) in [6, 6.07) is 7.42. The number of likely N-dealkylation sites (tertiary alicyclic amines) is 1. The van der Waals surface area contributed by atoms with Gasteiger partial charge in [-0.25, -0.2) is 4.68 Å². The smallest absolute Gasteiger partial charge is 0.309 e. The van der Waals surface area contributed by atoms with Crippen molar-refractivity contribution < 1.29 is 14.3 Å². The summed E-state index contributed by atoms with van der Waals surface area (Å²) < 4.78 is 12.1. The lowest BCUT2D eigenvalue weighted by Gasteiger charge is -2.36. The Balaban J connectivity index is 1.73. The van der Waals surface area contributed by atoms with Crippen molar-refractivity contribution in [3.05, 3.63) is 51.6 Å². The van der Waals surface area contributed by atoms with Gasteiger partial charge in [-0.1, -0.05) is 11.6 Å². The number of ether oxygens (including phenoxy) is 2. The molecule has 0 spiro atoms. The molecular weight excluding hydrogens is 424 g/mol. The van der Waals surface area contributed by atoms with Crippen LogP contribution in [0.25, 0.3) is 10.9 Å². The molecule has 0 bridgehead atoms. The van der Waals surface area contributed by atoms with Crippen molar-refractivity contribution in [1.29, 1.82) is 0 Å². The fraction of sp³-hybridized carbons (Fsp3) is 0.522. The van der Waals surface area contributed by atoms with Crippen LogP contribution in [0.15, 0.2) is 29.1 Å². The average molecular weight is 455 g/mol. The average Bonchev–Trinajstić information content (AvgIpc) is 3.27. The topological polar surface area (TPSA) is 115 Å². The minimum Gasteiger partial charge on any atom is -0.466 e. The molecule has 10 heteroatoms. The van der Waals surface area contributed by atoms with Gasteiger partial charge in [0.25, 0.3) is 5.56 Å². The first-order valence-corrected chi connectivity index (χ1v) is 11.3. The number of carbonyl (C=O) groups is 1. The number of tetrazole rings is 1. The number of hydrogen-bond acceptors (Lipinski definition) is 8. The number of piperidine rings is 1. The second kappa shape index (κ2) is 10.2. The molecule has 176 valence electrons. The molecule has 2 aromatic heterocycles. The van der Waals surface area contributed by atoms with Crippen LogP contribution in [0, 0.1) is 12.8 Å². The molecule has 0 aliphatic carbocycles. The Morgan fingerprint density at radius 1 is 1.27 bits per heavy atom. The molecule has 3 heterocycles. The molecule has 10 nitrogen and oxygen atoms in total. The van der Waals surface area contributed by atoms with Crippen LogP contribution in [0.2, 0.25) is 0 Å². The Kier molecular flexibility index (Phi) is 7.14. The third-order valence-corrected chi connectivity index (χ3v) is 6.15. The quantitative estimate of drug-likeness (QED) is 0.513. The number of aromatic nitrogens is 5. The highest BCUT2D eigenvalue weighted by Crippen LogP contribution is 2.31. The van der Waals surface area contributed by atoms with E-state index in [1.165, 1.54) is 0 Å². The number of benzene rings is 1. The minimum atomic E-state index is -0.450. The molecule has 1 fully saturated rings. The molecule has 1 aliphatic rings. The van der Waals surface area contributed by atoms with Crippen LogP contribution in [0.3, 0.4) is 0 Å². The zero-order chi connectivity index (χ0) is 23.4. The van der Waals surface area contributed by atoms with Crippen molar-refractivity contribution in [2.24, 2.45) is 5.92 Å². The number of hydrogen-bond donors (Lipinski definition) is 1. The van der Waals surface area contributed by atoms with Crippen LogP contribution in [0.1, 0.15) is 42.8 Å². The highest BCUT2D eigenvalue weighted by molar-refractivity contribution is 5.79. The Morgan fingerprint density at radius 2 is 2.06 bits per heavy atom. The third-order valence-electron chi connectivity index (χ3n) is 6.15. The molecule has 0 unspecified atom stereocenters. The van der Waals surface area contributed by atoms with Gasteiger partial charge < -0.3 is 14.5 Å². The van der Waals surface area contributed by atoms with Crippen LogP contribution in [0.4, 0.5) is 0 Å². The van der Waals surface area contributed by atoms with E-state index in [2.05, 4.69) is 25.4 Å². The SMILES string of the molecule is CCOC(=O)C1CCN([C@H](c2cc3cc(C)ccc3[nH]c2=O)c2nnnn2CCOC)CC1. The second-order valence-electron chi connectivity index (χ2n) is 8.36. The van der Waals surface area contributed by atoms with Gasteiger partial charge in [0.15, 0.2) is 5.82 Å². The number of esters is 1. The van der Waals surface area contributed by atoms with Gasteiger partial charge >= 0.3 is 5.97 Å². The van der Waals surface area contributed by atoms with Gasteiger partial charge in [0.2, 0.25) is 0 Å². The largest absolute Gasteiger partial charge is 0.466 e. The van der Waals surface area contributed by atoms with Crippen molar-refractivity contribution >= 4 is 16.9 Å². The maximum atomic E-state index is 13.2. The zero-order valence-electron chi connectivity index (χ0n) is 19.3. The van der Waals surface area contributed by atoms with Gasteiger partial charge in [-0.3, -0.25) is 14.5 Å². The van der Waals surface area contributed by atoms with E-state index >= 15 is 0 Å². The van der Waals surface area contributed by atoms with Crippen molar-refractivity contribution in [2.45, 2.75) is 39.3 Å². The van der Waals surface area contributed by atoms with Gasteiger partial charge in [-0.05, 0) is 60.7 Å². The molecule has 4 rings (SSSR count). The number of nitrogens with one attached hydrogen (secondary N) is 1. The lowest BCUT2D eigenvalue weighted by Crippen LogP contribution is -2.42. The van der Waals surface area contributed by atoms with Gasteiger partial charge in [0.1, 0.15) is 6.04 Å². The monoisotopic (exact) mass is 454 g/mol. The second-order valence-corrected chi connectivity index (χ2v) is 8.36. The van der Waals surface area contributed by atoms with E-state index in [-0.39, 0.29) is 17.4 Å². The standard InChI is InChI=1S/C23H30N6O4/c1-4-33-23(31)16-7-9-28(10-8-16)20(21-25-26-27-29(21)11-12-32-3)18-14-17-13-15(2)5-6-19(17)24-22(18)30/h5-6,13-14,16,20H,4,7-12H2,1-3H3,(H,24,30)/t20-/m1/s1. The van der Waals surface area contributed by atoms with E-state index in [4.69, 9.17) is 9.47 Å². The first kappa shape index (κ1) is 23.1. The van der Waals surface area contributed by atoms with Crippen molar-refractivity contribution in [2.75, 3.05) is 33.4 Å². The summed E-state index contributed by atoms with van der Waals surface area (Å²) in [7, 11) is 1.62. The van der Waals surface area contributed by atoms with Crippen LogP contribution in [0.5, 0.6) is 0 Å². The number of methoxy groups -OCH3 is 1. The minimum absolute atomic E-state index is 0.135. The number of aromatic amines is 1. The first-order chi connectivity index (χ1) is 16.0. The summed E-state index contributed by atoms with van der Waals surface area (Å²) >= 11 is 0. The highest BCUT2D eigenvalue weighted by atomic mass is 16.5. The lowest BCUT2D eigenvalue weighted by atomic mass is 9.94. The fourth-order valence-corrected chi connectivity index (χ4v) is 4.44. The number of carbonyl (C=O) groups excluding carboxylic acids is 1. The predicted molar refractivity (Wildman–Crippen MR) is 122 cm³/mol. The van der Waals surface area contributed by atoms with Gasteiger partial charge in [-0.2, -0.15) is 0 Å². The molecule has 3 aromatic rings. The maximum Gasteiger partial charge on any atom is 0.309 e. The number of nitrogens with zero attached hydrogens (tertiary/aromatic N) is 5. The maximum absolute atomic E-state index is 13.2. The van der Waals surface area contributed by atoms with Crippen LogP contribution in [-0.2, 0) is 20.8 Å². The molecule has 1 aromatic carbocycles. The normalized spacial score (nSPS) is 16.2. The zero-order valence-corrected chi connectivity index (χ0v) is 19.3. The Hall–Kier alpha value is -3.11. The Morgan fingerprint density at radius 3 is 2.79 bits per heavy atom. The summed E-state index contributed by atoms with van der Waals surface area (Å²) in [5, 5.41) is 13.3. The number of H-pyrrole nitrogens is 1. The fourth-order valence-electron chi connectivity index (χ4n) is 4.44. The lowest BCUT2D eigenvalue weighted by molar-refractivity contribution is -0.149. The Labute approximate surface area is 191 Å². The van der Waals surface area contributed by atoms with Crippen LogP contribution >= 0.6 is 0 Å². The van der Waals surface area contributed by atoms with E-state index in [1.54, 1.807) is 11.8 Å². The molecule has 0 saturated carbocycles. The Bertz CT molecular complexity index is 1170. The van der Waals surface area contributed by atoms with Crippen molar-refractivity contribution in [3.8, 4) is 0 Å². The summed E-state index contributed by atoms with van der Waals surface area (Å²) in [5.74, 6) is 0.292. The summed E-state index contributed by atoms with van der Waals surface area (Å²) in [4.78, 5) is 30.6. The molecular formula is C23H30N6O4. The van der Waals surface area contributed by atoms with E-state index < -0.39 is 6.04 Å². The van der Waals surface area contributed by atoms with Crippen molar-refractivity contribution in [3.63, 3.8) is 0 Å². The molecule has 1 aliphatic heterocycles. The molecule has 0 radical (unpaired) electrons. The summed E-state index contributed by atoms with van der Waals surface area (Å²) in [5.41, 5.74) is 2.30. The van der Waals surface area contributed by atoms with E-state index in [9.17, 15) is 9.59 Å². The number of pyridine rings is 1. The third kappa shape index (κ3) is 4.96. The van der Waals surface area contributed by atoms with Gasteiger partial charge in [-0.15, -0.1) is 5.10 Å². The predicted octanol–water partition coefficient (Wildman–Crippen LogP) is 1.83. The van der Waals surface area contributed by atoms with Crippen LogP contribution < -0.4 is 5.56 Å². The molecule has 0 amide bonds. The molecule has 1 saturated heterocycles. The van der Waals surface area contributed by atoms with E-state index in [1.807, 2.05) is 38.1 Å². The summed E-state index contributed by atoms with van der Waals surface area (Å²) in [6.45, 7) is 6.38. The molecule has 1 N–H and O–H groups in total. The number of rotatable bonds is 8. The summed E-state index contributed by atoms with van der Waals surface area (Å²) in [6.07, 6.45) is 1.30. The van der Waals surface area contributed by atoms with Crippen molar-refractivity contribution in [1.82, 2.24) is 30.1 Å². The molecule has 1 atom stereocenters. The highest BCUT2D eigenvalue weighted by Gasteiger charge is 2.35.